The highest BCUT2D eigenvalue weighted by Crippen LogP contribution is 2.33. The van der Waals surface area contributed by atoms with Gasteiger partial charge in [-0.3, -0.25) is 0 Å². The van der Waals surface area contributed by atoms with Gasteiger partial charge >= 0.3 is 0 Å². The van der Waals surface area contributed by atoms with Crippen molar-refractivity contribution >= 4 is 21.5 Å². The summed E-state index contributed by atoms with van der Waals surface area (Å²) in [6.45, 7) is 3.98. The van der Waals surface area contributed by atoms with Crippen LogP contribution in [0.15, 0.2) is 66.7 Å². The maximum Gasteiger partial charge on any atom is 0.130 e. The number of fused-ring (bicyclic) bond motifs is 2. The molecular formula is C22H18O2. The van der Waals surface area contributed by atoms with Crippen LogP contribution in [-0.4, -0.2) is 5.11 Å². The van der Waals surface area contributed by atoms with Crippen molar-refractivity contribution in [2.75, 3.05) is 0 Å². The smallest absolute Gasteiger partial charge is 0.130 e. The molecule has 4 aromatic carbocycles. The van der Waals surface area contributed by atoms with Crippen LogP contribution in [0.3, 0.4) is 0 Å². The number of rotatable bonds is 2. The number of benzene rings is 4. The fourth-order valence-electron chi connectivity index (χ4n) is 3.09. The third kappa shape index (κ3) is 2.46. The molecule has 118 valence electrons. The van der Waals surface area contributed by atoms with Gasteiger partial charge in [0, 0.05) is 0 Å². The van der Waals surface area contributed by atoms with Crippen molar-refractivity contribution in [3.8, 4) is 17.2 Å². The van der Waals surface area contributed by atoms with E-state index in [1.165, 1.54) is 10.8 Å². The highest BCUT2D eigenvalue weighted by Gasteiger charge is 2.07. The SMILES string of the molecule is Cc1cc2ccc(Oc3ccc4ccccc4c3C)cc2cc1O. The monoisotopic (exact) mass is 314 g/mol. The number of phenols is 1. The number of ether oxygens (including phenoxy) is 1. The molecule has 0 unspecified atom stereocenters. The molecule has 2 nitrogen and oxygen atoms in total. The largest absolute Gasteiger partial charge is 0.508 e. The van der Waals surface area contributed by atoms with Crippen LogP contribution in [-0.2, 0) is 0 Å². The molecule has 0 aromatic heterocycles. The van der Waals surface area contributed by atoms with E-state index >= 15 is 0 Å². The van der Waals surface area contributed by atoms with Gasteiger partial charge < -0.3 is 9.84 Å². The molecule has 0 aliphatic heterocycles. The molecule has 0 radical (unpaired) electrons. The summed E-state index contributed by atoms with van der Waals surface area (Å²) in [5.41, 5.74) is 2.00. The summed E-state index contributed by atoms with van der Waals surface area (Å²) in [6, 6.07) is 22.1. The molecule has 1 N–H and O–H groups in total. The Kier molecular flexibility index (Phi) is 3.39. The molecule has 0 fully saturated rings. The van der Waals surface area contributed by atoms with E-state index in [0.29, 0.717) is 5.75 Å². The lowest BCUT2D eigenvalue weighted by molar-refractivity contribution is 0.471. The third-order valence-electron chi connectivity index (χ3n) is 4.50. The van der Waals surface area contributed by atoms with Gasteiger partial charge in [0.1, 0.15) is 17.2 Å². The van der Waals surface area contributed by atoms with Crippen molar-refractivity contribution in [1.29, 1.82) is 0 Å². The van der Waals surface area contributed by atoms with Crippen LogP contribution in [0.1, 0.15) is 11.1 Å². The summed E-state index contributed by atoms with van der Waals surface area (Å²) >= 11 is 0. The summed E-state index contributed by atoms with van der Waals surface area (Å²) in [4.78, 5) is 0. The van der Waals surface area contributed by atoms with Crippen molar-refractivity contribution in [1.82, 2.24) is 0 Å². The van der Waals surface area contributed by atoms with Crippen LogP contribution in [0.4, 0.5) is 0 Å². The molecule has 0 heterocycles. The Bertz CT molecular complexity index is 1060. The quantitative estimate of drug-likeness (QED) is 0.484. The molecule has 0 saturated heterocycles. The average molecular weight is 314 g/mol. The molecule has 0 saturated carbocycles. The van der Waals surface area contributed by atoms with Crippen LogP contribution in [0.2, 0.25) is 0 Å². The first-order chi connectivity index (χ1) is 11.6. The highest BCUT2D eigenvalue weighted by molar-refractivity contribution is 5.88. The second-order valence-corrected chi connectivity index (χ2v) is 6.16. The topological polar surface area (TPSA) is 29.5 Å². The van der Waals surface area contributed by atoms with E-state index in [2.05, 4.69) is 25.1 Å². The summed E-state index contributed by atoms with van der Waals surface area (Å²) in [5, 5.41) is 14.4. The molecule has 0 aliphatic rings. The first-order valence-electron chi connectivity index (χ1n) is 8.01. The van der Waals surface area contributed by atoms with Crippen LogP contribution in [0.25, 0.3) is 21.5 Å². The molecule has 4 rings (SSSR count). The maximum atomic E-state index is 9.92. The van der Waals surface area contributed by atoms with Crippen molar-refractivity contribution in [2.45, 2.75) is 13.8 Å². The minimum atomic E-state index is 0.307. The second-order valence-electron chi connectivity index (χ2n) is 6.16. The number of aromatic hydroxyl groups is 1. The van der Waals surface area contributed by atoms with Gasteiger partial charge in [0.15, 0.2) is 0 Å². The minimum absolute atomic E-state index is 0.307. The van der Waals surface area contributed by atoms with E-state index in [0.717, 1.165) is 33.4 Å². The van der Waals surface area contributed by atoms with E-state index < -0.39 is 0 Å². The van der Waals surface area contributed by atoms with E-state index in [1.54, 1.807) is 6.07 Å². The number of phenolic OH excluding ortho intramolecular Hbond substituents is 1. The van der Waals surface area contributed by atoms with Crippen LogP contribution < -0.4 is 4.74 Å². The normalized spacial score (nSPS) is 11.1. The Balaban J connectivity index is 1.76. The van der Waals surface area contributed by atoms with E-state index in [9.17, 15) is 5.11 Å². The standard InChI is InChI=1S/C22H18O2/c1-14-11-17-7-9-19(12-18(17)13-21(14)23)24-22-10-8-16-5-3-4-6-20(16)15(22)2/h3-13,23H,1-2H3. The van der Waals surface area contributed by atoms with Crippen LogP contribution in [0, 0.1) is 13.8 Å². The van der Waals surface area contributed by atoms with Gasteiger partial charge in [0.25, 0.3) is 0 Å². The average Bonchev–Trinajstić information content (AvgIpc) is 2.59. The number of aryl methyl sites for hydroxylation is 2. The zero-order chi connectivity index (χ0) is 16.7. The molecule has 0 aliphatic carbocycles. The Labute approximate surface area is 140 Å². The van der Waals surface area contributed by atoms with Gasteiger partial charge in [-0.1, -0.05) is 36.4 Å². The van der Waals surface area contributed by atoms with E-state index in [-0.39, 0.29) is 0 Å². The second kappa shape index (κ2) is 5.57. The van der Waals surface area contributed by atoms with Gasteiger partial charge in [-0.15, -0.1) is 0 Å². The van der Waals surface area contributed by atoms with Gasteiger partial charge in [-0.2, -0.15) is 0 Å². The summed E-state index contributed by atoms with van der Waals surface area (Å²) in [5.74, 6) is 1.93. The van der Waals surface area contributed by atoms with Crippen LogP contribution >= 0.6 is 0 Å². The van der Waals surface area contributed by atoms with Gasteiger partial charge in [0.05, 0.1) is 0 Å². The molecule has 0 spiro atoms. The van der Waals surface area contributed by atoms with Crippen molar-refractivity contribution < 1.29 is 9.84 Å². The fraction of sp³-hybridized carbons (Fsp3) is 0.0909. The Hall–Kier alpha value is -3.00. The zero-order valence-electron chi connectivity index (χ0n) is 13.7. The first-order valence-corrected chi connectivity index (χ1v) is 8.01. The number of hydrogen-bond donors (Lipinski definition) is 1. The van der Waals surface area contributed by atoms with E-state index in [1.807, 2.05) is 49.4 Å². The van der Waals surface area contributed by atoms with Crippen molar-refractivity contribution in [3.63, 3.8) is 0 Å². The lowest BCUT2D eigenvalue weighted by Crippen LogP contribution is -1.89. The summed E-state index contributed by atoms with van der Waals surface area (Å²) in [6.07, 6.45) is 0. The van der Waals surface area contributed by atoms with Crippen molar-refractivity contribution in [3.05, 3.63) is 77.9 Å². The first kappa shape index (κ1) is 14.6. The maximum absolute atomic E-state index is 9.92. The molecule has 0 atom stereocenters. The fourth-order valence-corrected chi connectivity index (χ4v) is 3.09. The molecule has 0 bridgehead atoms. The third-order valence-corrected chi connectivity index (χ3v) is 4.50. The lowest BCUT2D eigenvalue weighted by atomic mass is 10.0. The molecule has 2 heteroatoms. The lowest BCUT2D eigenvalue weighted by Gasteiger charge is -2.12. The predicted molar refractivity (Wildman–Crippen MR) is 99.1 cm³/mol. The molecular weight excluding hydrogens is 296 g/mol. The Morgan fingerprint density at radius 2 is 1.54 bits per heavy atom. The summed E-state index contributed by atoms with van der Waals surface area (Å²) < 4.78 is 6.11. The summed E-state index contributed by atoms with van der Waals surface area (Å²) in [7, 11) is 0. The van der Waals surface area contributed by atoms with Gasteiger partial charge in [-0.05, 0) is 76.9 Å². The Morgan fingerprint density at radius 3 is 2.42 bits per heavy atom. The van der Waals surface area contributed by atoms with Gasteiger partial charge in [0.2, 0.25) is 0 Å². The zero-order valence-corrected chi connectivity index (χ0v) is 13.7. The highest BCUT2D eigenvalue weighted by atomic mass is 16.5. The van der Waals surface area contributed by atoms with E-state index in [4.69, 9.17) is 4.74 Å². The molecule has 24 heavy (non-hydrogen) atoms. The molecule has 4 aromatic rings. The van der Waals surface area contributed by atoms with Crippen LogP contribution in [0.5, 0.6) is 17.2 Å². The minimum Gasteiger partial charge on any atom is -0.508 e. The molecule has 0 amide bonds. The van der Waals surface area contributed by atoms with Gasteiger partial charge in [-0.25, -0.2) is 0 Å². The predicted octanol–water partition coefficient (Wildman–Crippen LogP) is 6.11. The Morgan fingerprint density at radius 1 is 0.750 bits per heavy atom. The van der Waals surface area contributed by atoms with Crippen molar-refractivity contribution in [2.24, 2.45) is 0 Å². The number of hydrogen-bond acceptors (Lipinski definition) is 2.